The number of carbonyl (C=O) groups excluding carboxylic acids is 1. The Kier molecular flexibility index (Phi) is 4.33. The molecule has 0 aliphatic rings. The molecule has 1 N–H and O–H groups in total. The molecule has 6 nitrogen and oxygen atoms in total. The van der Waals surface area contributed by atoms with E-state index in [9.17, 15) is 9.59 Å². The number of amides is 1. The summed E-state index contributed by atoms with van der Waals surface area (Å²) >= 11 is 0. The molecule has 3 rings (SSSR count). The summed E-state index contributed by atoms with van der Waals surface area (Å²) in [6, 6.07) is 18.3. The summed E-state index contributed by atoms with van der Waals surface area (Å²) in [5.41, 5.74) is 1.44. The van der Waals surface area contributed by atoms with Crippen LogP contribution in [-0.2, 0) is 11.3 Å². The molecule has 0 bridgehead atoms. The van der Waals surface area contributed by atoms with E-state index in [4.69, 9.17) is 4.42 Å². The van der Waals surface area contributed by atoms with Crippen LogP contribution >= 0.6 is 0 Å². The SMILES string of the molecule is O=C(CCn1nc(-c2ccccc2)oc1=O)Nc1ccccc1. The highest BCUT2D eigenvalue weighted by atomic mass is 16.4. The lowest BCUT2D eigenvalue weighted by atomic mass is 10.2. The maximum absolute atomic E-state index is 11.9. The zero-order valence-corrected chi connectivity index (χ0v) is 12.3. The Balaban J connectivity index is 1.64. The Bertz CT molecular complexity index is 838. The topological polar surface area (TPSA) is 77.1 Å². The number of nitrogens with one attached hydrogen (secondary N) is 1. The van der Waals surface area contributed by atoms with Crippen molar-refractivity contribution < 1.29 is 9.21 Å². The normalized spacial score (nSPS) is 10.4. The van der Waals surface area contributed by atoms with Crippen molar-refractivity contribution in [2.75, 3.05) is 5.32 Å². The average molecular weight is 309 g/mol. The highest BCUT2D eigenvalue weighted by molar-refractivity contribution is 5.90. The van der Waals surface area contributed by atoms with Gasteiger partial charge in [-0.3, -0.25) is 4.79 Å². The Labute approximate surface area is 132 Å². The third kappa shape index (κ3) is 3.74. The van der Waals surface area contributed by atoms with Crippen LogP contribution < -0.4 is 11.1 Å². The average Bonchev–Trinajstić information content (AvgIpc) is 2.96. The molecule has 116 valence electrons. The number of rotatable bonds is 5. The van der Waals surface area contributed by atoms with Crippen molar-refractivity contribution in [2.24, 2.45) is 0 Å². The maximum atomic E-state index is 11.9. The number of benzene rings is 2. The van der Waals surface area contributed by atoms with Crippen molar-refractivity contribution in [3.63, 3.8) is 0 Å². The van der Waals surface area contributed by atoms with E-state index in [1.165, 1.54) is 0 Å². The summed E-state index contributed by atoms with van der Waals surface area (Å²) in [5.74, 6) is -0.511. The van der Waals surface area contributed by atoms with E-state index < -0.39 is 5.76 Å². The van der Waals surface area contributed by atoms with Crippen molar-refractivity contribution in [3.05, 3.63) is 71.2 Å². The second kappa shape index (κ2) is 6.74. The molecular formula is C17H15N3O3. The highest BCUT2D eigenvalue weighted by Crippen LogP contribution is 2.14. The highest BCUT2D eigenvalue weighted by Gasteiger charge is 2.11. The van der Waals surface area contributed by atoms with Crippen molar-refractivity contribution in [3.8, 4) is 11.5 Å². The van der Waals surface area contributed by atoms with Crippen molar-refractivity contribution in [1.29, 1.82) is 0 Å². The van der Waals surface area contributed by atoms with Crippen LogP contribution in [0.15, 0.2) is 69.9 Å². The van der Waals surface area contributed by atoms with E-state index in [1.807, 2.05) is 36.4 Å². The minimum absolute atomic E-state index is 0.134. The third-order valence-corrected chi connectivity index (χ3v) is 3.24. The summed E-state index contributed by atoms with van der Waals surface area (Å²) in [6.07, 6.45) is 0.134. The second-order valence-electron chi connectivity index (χ2n) is 4.93. The number of aryl methyl sites for hydroxylation is 1. The molecule has 6 heteroatoms. The smallest absolute Gasteiger partial charge is 0.388 e. The Morgan fingerprint density at radius 1 is 1.04 bits per heavy atom. The number of carbonyl (C=O) groups is 1. The largest absolute Gasteiger partial charge is 0.437 e. The van der Waals surface area contributed by atoms with Crippen LogP contribution in [0.5, 0.6) is 0 Å². The molecule has 0 unspecified atom stereocenters. The number of hydrogen-bond donors (Lipinski definition) is 1. The molecule has 1 heterocycles. The van der Waals surface area contributed by atoms with E-state index in [1.54, 1.807) is 24.3 Å². The molecule has 0 saturated carbocycles. The number of nitrogens with zero attached hydrogens (tertiary/aromatic N) is 2. The van der Waals surface area contributed by atoms with E-state index in [0.29, 0.717) is 0 Å². The molecule has 1 aromatic heterocycles. The zero-order chi connectivity index (χ0) is 16.1. The van der Waals surface area contributed by atoms with Crippen molar-refractivity contribution in [2.45, 2.75) is 13.0 Å². The maximum Gasteiger partial charge on any atom is 0.437 e. The standard InChI is InChI=1S/C17H15N3O3/c21-15(18-14-9-5-2-6-10-14)11-12-20-17(22)23-16(19-20)13-7-3-1-4-8-13/h1-10H,11-12H2,(H,18,21). The molecule has 0 spiro atoms. The van der Waals surface area contributed by atoms with Crippen LogP contribution in [-0.4, -0.2) is 15.7 Å². The van der Waals surface area contributed by atoms with Crippen molar-refractivity contribution in [1.82, 2.24) is 9.78 Å². The molecule has 3 aromatic rings. The lowest BCUT2D eigenvalue weighted by molar-refractivity contribution is -0.116. The fourth-order valence-electron chi connectivity index (χ4n) is 2.10. The molecule has 0 fully saturated rings. The van der Waals surface area contributed by atoms with Gasteiger partial charge in [-0.05, 0) is 24.3 Å². The predicted octanol–water partition coefficient (Wildman–Crippen LogP) is 2.53. The Hall–Kier alpha value is -3.15. The molecule has 1 amide bonds. The van der Waals surface area contributed by atoms with E-state index in [-0.39, 0.29) is 24.8 Å². The molecule has 2 aromatic carbocycles. The molecule has 0 radical (unpaired) electrons. The molecular weight excluding hydrogens is 294 g/mol. The molecule has 23 heavy (non-hydrogen) atoms. The zero-order valence-electron chi connectivity index (χ0n) is 12.3. The molecule has 0 aliphatic heterocycles. The van der Waals surface area contributed by atoms with Gasteiger partial charge < -0.3 is 9.73 Å². The number of hydrogen-bond acceptors (Lipinski definition) is 4. The summed E-state index contributed by atoms with van der Waals surface area (Å²) < 4.78 is 6.28. The lowest BCUT2D eigenvalue weighted by Gasteiger charge is -2.03. The van der Waals surface area contributed by atoms with Crippen LogP contribution in [0, 0.1) is 0 Å². The van der Waals surface area contributed by atoms with Crippen LogP contribution in [0.25, 0.3) is 11.5 Å². The van der Waals surface area contributed by atoms with E-state index in [0.717, 1.165) is 15.9 Å². The lowest BCUT2D eigenvalue weighted by Crippen LogP contribution is -2.20. The van der Waals surface area contributed by atoms with Crippen LogP contribution in [0.2, 0.25) is 0 Å². The van der Waals surface area contributed by atoms with Gasteiger partial charge in [0.25, 0.3) is 0 Å². The van der Waals surface area contributed by atoms with Crippen LogP contribution in [0.1, 0.15) is 6.42 Å². The Morgan fingerprint density at radius 2 is 1.70 bits per heavy atom. The fourth-order valence-corrected chi connectivity index (χ4v) is 2.10. The number of anilines is 1. The van der Waals surface area contributed by atoms with Gasteiger partial charge in [0.2, 0.25) is 11.8 Å². The monoisotopic (exact) mass is 309 g/mol. The first-order valence-electron chi connectivity index (χ1n) is 7.20. The first-order valence-corrected chi connectivity index (χ1v) is 7.20. The van der Waals surface area contributed by atoms with E-state index in [2.05, 4.69) is 10.4 Å². The van der Waals surface area contributed by atoms with Crippen molar-refractivity contribution >= 4 is 11.6 Å². The second-order valence-corrected chi connectivity index (χ2v) is 4.93. The first kappa shape index (κ1) is 14.8. The molecule has 0 saturated heterocycles. The van der Waals surface area contributed by atoms with Gasteiger partial charge in [-0.2, -0.15) is 4.68 Å². The van der Waals surface area contributed by atoms with Crippen LogP contribution in [0.3, 0.4) is 0 Å². The minimum atomic E-state index is -0.573. The van der Waals surface area contributed by atoms with Gasteiger partial charge in [-0.25, -0.2) is 4.79 Å². The third-order valence-electron chi connectivity index (χ3n) is 3.24. The summed E-state index contributed by atoms with van der Waals surface area (Å²) in [5, 5.41) is 6.87. The molecule has 0 aliphatic carbocycles. The van der Waals surface area contributed by atoms with Gasteiger partial charge in [0.15, 0.2) is 0 Å². The first-order chi connectivity index (χ1) is 11.2. The fraction of sp³-hybridized carbons (Fsp3) is 0.118. The van der Waals surface area contributed by atoms with Gasteiger partial charge >= 0.3 is 5.76 Å². The van der Waals surface area contributed by atoms with Gasteiger partial charge in [-0.15, -0.1) is 5.10 Å². The van der Waals surface area contributed by atoms with Gasteiger partial charge in [0, 0.05) is 17.7 Å². The summed E-state index contributed by atoms with van der Waals surface area (Å²) in [6.45, 7) is 0.161. The van der Waals surface area contributed by atoms with E-state index >= 15 is 0 Å². The quantitative estimate of drug-likeness (QED) is 0.785. The summed E-state index contributed by atoms with van der Waals surface area (Å²) in [7, 11) is 0. The molecule has 0 atom stereocenters. The Morgan fingerprint density at radius 3 is 2.39 bits per heavy atom. The van der Waals surface area contributed by atoms with Gasteiger partial charge in [-0.1, -0.05) is 36.4 Å². The summed E-state index contributed by atoms with van der Waals surface area (Å²) in [4.78, 5) is 23.7. The van der Waals surface area contributed by atoms with Gasteiger partial charge in [0.1, 0.15) is 0 Å². The number of para-hydroxylation sites is 1. The van der Waals surface area contributed by atoms with Crippen LogP contribution in [0.4, 0.5) is 5.69 Å². The number of aromatic nitrogens is 2. The van der Waals surface area contributed by atoms with Gasteiger partial charge in [0.05, 0.1) is 6.54 Å². The minimum Gasteiger partial charge on any atom is -0.388 e. The predicted molar refractivity (Wildman–Crippen MR) is 85.9 cm³/mol.